The molecule has 3 aromatic rings. The number of hydrogen-bond donors (Lipinski definition) is 1. The van der Waals surface area contributed by atoms with Crippen LogP contribution in [0.3, 0.4) is 0 Å². The summed E-state index contributed by atoms with van der Waals surface area (Å²) >= 11 is 0. The van der Waals surface area contributed by atoms with Crippen LogP contribution in [0.1, 0.15) is 56.2 Å². The van der Waals surface area contributed by atoms with Crippen LogP contribution in [0.5, 0.6) is 11.5 Å². The predicted molar refractivity (Wildman–Crippen MR) is 154 cm³/mol. The van der Waals surface area contributed by atoms with Gasteiger partial charge in [-0.15, -0.1) is 0 Å². The number of carbonyl (C=O) groups is 2. The van der Waals surface area contributed by atoms with Crippen LogP contribution in [0.2, 0.25) is 0 Å². The third kappa shape index (κ3) is 5.81. The Kier molecular flexibility index (Phi) is 7.78. The number of esters is 1. The minimum Gasteiger partial charge on any atom is -0.493 e. The Balaban J connectivity index is 1.51. The zero-order valence-electron chi connectivity index (χ0n) is 23.5. The maximum absolute atomic E-state index is 13.6. The van der Waals surface area contributed by atoms with E-state index >= 15 is 0 Å². The lowest BCUT2D eigenvalue weighted by Gasteiger charge is -2.39. The molecule has 6 heteroatoms. The van der Waals surface area contributed by atoms with E-state index in [1.165, 1.54) is 0 Å². The van der Waals surface area contributed by atoms with Crippen LogP contribution in [0.25, 0.3) is 0 Å². The molecule has 0 amide bonds. The molecule has 2 aliphatic rings. The second kappa shape index (κ2) is 11.4. The van der Waals surface area contributed by atoms with Gasteiger partial charge < -0.3 is 19.5 Å². The van der Waals surface area contributed by atoms with Crippen LogP contribution in [0, 0.1) is 5.41 Å². The first kappa shape index (κ1) is 27.3. The van der Waals surface area contributed by atoms with Gasteiger partial charge in [0.15, 0.2) is 17.3 Å². The molecule has 1 aliphatic heterocycles. The fraction of sp³-hybridized carbons (Fsp3) is 0.294. The highest BCUT2D eigenvalue weighted by atomic mass is 16.5. The molecule has 0 saturated heterocycles. The Labute approximate surface area is 235 Å². The number of dihydropyridines is 1. The van der Waals surface area contributed by atoms with Crippen LogP contribution in [0.15, 0.2) is 101 Å². The SMILES string of the molecule is COc1cc([C@H]2C(C(=O)OCc3ccccc3)=C(C)NC3=C2C(=O)CC(C)(C)C3)ccc1OCc1ccccc1. The van der Waals surface area contributed by atoms with Gasteiger partial charge >= 0.3 is 5.97 Å². The van der Waals surface area contributed by atoms with Gasteiger partial charge in [0.25, 0.3) is 0 Å². The monoisotopic (exact) mass is 537 g/mol. The summed E-state index contributed by atoms with van der Waals surface area (Å²) in [6.45, 7) is 6.59. The van der Waals surface area contributed by atoms with E-state index in [0.717, 1.165) is 22.4 Å². The summed E-state index contributed by atoms with van der Waals surface area (Å²) in [7, 11) is 1.59. The maximum Gasteiger partial charge on any atom is 0.337 e. The van der Waals surface area contributed by atoms with E-state index in [1.54, 1.807) is 7.11 Å². The standard InChI is InChI=1S/C34H35NO5/c1-22-30(33(37)40-21-24-13-9-6-10-14-24)31(32-26(35-22)18-34(2,3)19-27(32)36)25-15-16-28(29(17-25)38-4)39-20-23-11-7-5-8-12-23/h5-17,31,35H,18-21H2,1-4H3/t31-/m0/s1. The summed E-state index contributed by atoms with van der Waals surface area (Å²) in [6, 6.07) is 25.1. The highest BCUT2D eigenvalue weighted by Crippen LogP contribution is 2.48. The van der Waals surface area contributed by atoms with E-state index in [9.17, 15) is 9.59 Å². The van der Waals surface area contributed by atoms with Gasteiger partial charge in [-0.2, -0.15) is 0 Å². The molecule has 1 atom stereocenters. The topological polar surface area (TPSA) is 73.9 Å². The van der Waals surface area contributed by atoms with Gasteiger partial charge in [0.2, 0.25) is 0 Å². The fourth-order valence-corrected chi connectivity index (χ4v) is 5.56. The van der Waals surface area contributed by atoms with E-state index in [0.29, 0.717) is 47.8 Å². The Morgan fingerprint density at radius 1 is 0.900 bits per heavy atom. The van der Waals surface area contributed by atoms with E-state index in [-0.39, 0.29) is 17.8 Å². The molecular weight excluding hydrogens is 502 g/mol. The summed E-state index contributed by atoms with van der Waals surface area (Å²) in [6.07, 6.45) is 1.12. The minimum atomic E-state index is -0.583. The second-order valence-electron chi connectivity index (χ2n) is 11.2. The van der Waals surface area contributed by atoms with Crippen molar-refractivity contribution >= 4 is 11.8 Å². The molecule has 1 heterocycles. The van der Waals surface area contributed by atoms with Crippen molar-refractivity contribution in [3.8, 4) is 11.5 Å². The Bertz CT molecular complexity index is 1470. The summed E-state index contributed by atoms with van der Waals surface area (Å²) in [4.78, 5) is 27.3. The zero-order valence-corrected chi connectivity index (χ0v) is 23.5. The van der Waals surface area contributed by atoms with Gasteiger partial charge in [-0.1, -0.05) is 80.6 Å². The number of nitrogens with one attached hydrogen (secondary N) is 1. The van der Waals surface area contributed by atoms with E-state index in [2.05, 4.69) is 19.2 Å². The molecular formula is C34H35NO5. The van der Waals surface area contributed by atoms with E-state index < -0.39 is 11.9 Å². The molecule has 0 bridgehead atoms. The minimum absolute atomic E-state index is 0.0352. The molecule has 0 fully saturated rings. The van der Waals surface area contributed by atoms with Crippen molar-refractivity contribution in [2.75, 3.05) is 7.11 Å². The van der Waals surface area contributed by atoms with Gasteiger partial charge in [-0.3, -0.25) is 4.79 Å². The van der Waals surface area contributed by atoms with Gasteiger partial charge in [-0.05, 0) is 47.6 Å². The largest absolute Gasteiger partial charge is 0.493 e. The average molecular weight is 538 g/mol. The van der Waals surface area contributed by atoms with E-state index in [1.807, 2.05) is 85.8 Å². The lowest BCUT2D eigenvalue weighted by Crippen LogP contribution is -2.38. The molecule has 0 radical (unpaired) electrons. The molecule has 0 saturated carbocycles. The molecule has 3 aromatic carbocycles. The summed E-state index contributed by atoms with van der Waals surface area (Å²) < 4.78 is 17.6. The number of benzene rings is 3. The molecule has 0 unspecified atom stereocenters. The molecule has 40 heavy (non-hydrogen) atoms. The first-order chi connectivity index (χ1) is 19.3. The maximum atomic E-state index is 13.6. The number of methoxy groups -OCH3 is 1. The Morgan fingerprint density at radius 3 is 2.20 bits per heavy atom. The highest BCUT2D eigenvalue weighted by Gasteiger charge is 2.43. The molecule has 1 N–H and O–H groups in total. The lowest BCUT2D eigenvalue weighted by molar-refractivity contribution is -0.140. The van der Waals surface area contributed by atoms with Crippen molar-refractivity contribution in [1.82, 2.24) is 5.32 Å². The van der Waals surface area contributed by atoms with Crippen molar-refractivity contribution < 1.29 is 23.8 Å². The number of hydrogen-bond acceptors (Lipinski definition) is 6. The smallest absolute Gasteiger partial charge is 0.337 e. The lowest BCUT2D eigenvalue weighted by atomic mass is 9.68. The quantitative estimate of drug-likeness (QED) is 0.326. The van der Waals surface area contributed by atoms with Crippen LogP contribution in [-0.2, 0) is 27.5 Å². The van der Waals surface area contributed by atoms with Gasteiger partial charge in [0.1, 0.15) is 13.2 Å². The van der Waals surface area contributed by atoms with E-state index in [4.69, 9.17) is 14.2 Å². The normalized spacial score (nSPS) is 18.1. The van der Waals surface area contributed by atoms with Crippen LogP contribution >= 0.6 is 0 Å². The molecule has 0 spiro atoms. The Hall–Kier alpha value is -4.32. The molecule has 0 aromatic heterocycles. The van der Waals surface area contributed by atoms with Gasteiger partial charge in [0, 0.05) is 29.3 Å². The third-order valence-electron chi connectivity index (χ3n) is 7.43. The summed E-state index contributed by atoms with van der Waals surface area (Å²) in [5.41, 5.74) is 5.15. The number of Topliss-reactive ketones (excluding diaryl/α,β-unsaturated/α-hetero) is 1. The van der Waals surface area contributed by atoms with Crippen LogP contribution in [-0.4, -0.2) is 18.9 Å². The molecule has 1 aliphatic carbocycles. The Morgan fingerprint density at radius 2 is 1.55 bits per heavy atom. The highest BCUT2D eigenvalue weighted by molar-refractivity contribution is 6.04. The van der Waals surface area contributed by atoms with Crippen molar-refractivity contribution in [2.45, 2.75) is 52.7 Å². The van der Waals surface area contributed by atoms with Gasteiger partial charge in [-0.25, -0.2) is 4.79 Å². The van der Waals surface area contributed by atoms with Crippen molar-refractivity contribution in [3.63, 3.8) is 0 Å². The molecule has 5 rings (SSSR count). The zero-order chi connectivity index (χ0) is 28.3. The number of rotatable bonds is 8. The van der Waals surface area contributed by atoms with Crippen molar-refractivity contribution in [2.24, 2.45) is 5.41 Å². The first-order valence-electron chi connectivity index (χ1n) is 13.6. The average Bonchev–Trinajstić information content (AvgIpc) is 2.94. The number of ketones is 1. The summed E-state index contributed by atoms with van der Waals surface area (Å²) in [5, 5.41) is 3.39. The summed E-state index contributed by atoms with van der Waals surface area (Å²) in [5.74, 6) is 0.121. The first-order valence-corrected chi connectivity index (χ1v) is 13.6. The number of allylic oxidation sites excluding steroid dienone is 3. The van der Waals surface area contributed by atoms with Crippen molar-refractivity contribution in [3.05, 3.63) is 118 Å². The van der Waals surface area contributed by atoms with Crippen LogP contribution in [0.4, 0.5) is 0 Å². The van der Waals surface area contributed by atoms with Crippen molar-refractivity contribution in [1.29, 1.82) is 0 Å². The molecule has 6 nitrogen and oxygen atoms in total. The number of ether oxygens (including phenoxy) is 3. The third-order valence-corrected chi connectivity index (χ3v) is 7.43. The van der Waals surface area contributed by atoms with Crippen LogP contribution < -0.4 is 14.8 Å². The fourth-order valence-electron chi connectivity index (χ4n) is 5.56. The number of carbonyl (C=O) groups excluding carboxylic acids is 2. The molecule has 206 valence electrons. The predicted octanol–water partition coefficient (Wildman–Crippen LogP) is 6.62. The second-order valence-corrected chi connectivity index (χ2v) is 11.2. The van der Waals surface area contributed by atoms with Gasteiger partial charge in [0.05, 0.1) is 12.7 Å².